The van der Waals surface area contributed by atoms with Gasteiger partial charge in [-0.3, -0.25) is 0 Å². The van der Waals surface area contributed by atoms with E-state index < -0.39 is 5.60 Å². The second-order valence-electron chi connectivity index (χ2n) is 6.49. The van der Waals surface area contributed by atoms with Crippen molar-refractivity contribution in [3.63, 3.8) is 0 Å². The van der Waals surface area contributed by atoms with Crippen LogP contribution >= 0.6 is 0 Å². The van der Waals surface area contributed by atoms with Gasteiger partial charge in [-0.2, -0.15) is 0 Å². The first-order valence-electron chi connectivity index (χ1n) is 7.33. The van der Waals surface area contributed by atoms with Gasteiger partial charge in [0.2, 0.25) is 0 Å². The lowest BCUT2D eigenvalue weighted by atomic mass is 9.83. The molecule has 2 rings (SSSR count). The third kappa shape index (κ3) is 3.75. The second kappa shape index (κ2) is 5.86. The number of esters is 1. The number of hydrogen-bond acceptors (Lipinski definition) is 3. The molecular weight excluding hydrogens is 252 g/mol. The van der Waals surface area contributed by atoms with Crippen LogP contribution in [0.4, 0.5) is 0 Å². The molecule has 0 radical (unpaired) electrons. The standard InChI is InChI=1S/C17H24O3/c1-12-7-5-9-14-13(12)8-6-10-15(14)19-11-16(18)20-17(2,3)4/h6,8,10,12H,5,7,9,11H2,1-4H3. The van der Waals surface area contributed by atoms with Crippen LogP contribution in [-0.2, 0) is 16.0 Å². The summed E-state index contributed by atoms with van der Waals surface area (Å²) in [5.41, 5.74) is 2.15. The minimum atomic E-state index is -0.467. The molecule has 1 aromatic carbocycles. The van der Waals surface area contributed by atoms with Crippen LogP contribution in [0.5, 0.6) is 5.75 Å². The van der Waals surface area contributed by atoms with Crippen molar-refractivity contribution in [3.05, 3.63) is 29.3 Å². The van der Waals surface area contributed by atoms with E-state index in [1.165, 1.54) is 24.0 Å². The SMILES string of the molecule is CC1CCCc2c(OCC(=O)OC(C)(C)C)cccc21. The van der Waals surface area contributed by atoms with E-state index in [0.29, 0.717) is 5.92 Å². The molecule has 0 heterocycles. The Balaban J connectivity index is 2.04. The van der Waals surface area contributed by atoms with E-state index >= 15 is 0 Å². The summed E-state index contributed by atoms with van der Waals surface area (Å²) in [6.45, 7) is 7.79. The van der Waals surface area contributed by atoms with E-state index in [-0.39, 0.29) is 12.6 Å². The molecule has 3 heteroatoms. The smallest absolute Gasteiger partial charge is 0.344 e. The first-order chi connectivity index (χ1) is 9.37. The van der Waals surface area contributed by atoms with Crippen LogP contribution in [0.1, 0.15) is 57.6 Å². The van der Waals surface area contributed by atoms with Gasteiger partial charge in [0, 0.05) is 0 Å². The van der Waals surface area contributed by atoms with Gasteiger partial charge in [0.25, 0.3) is 0 Å². The highest BCUT2D eigenvalue weighted by atomic mass is 16.6. The molecule has 0 spiro atoms. The van der Waals surface area contributed by atoms with Gasteiger partial charge in [-0.25, -0.2) is 4.79 Å². The zero-order valence-corrected chi connectivity index (χ0v) is 12.9. The zero-order valence-electron chi connectivity index (χ0n) is 12.9. The van der Waals surface area contributed by atoms with Crippen LogP contribution in [0.25, 0.3) is 0 Å². The molecule has 110 valence electrons. The molecule has 0 bridgehead atoms. The summed E-state index contributed by atoms with van der Waals surface area (Å²) in [5.74, 6) is 1.09. The Labute approximate surface area is 121 Å². The summed E-state index contributed by atoms with van der Waals surface area (Å²) in [5, 5.41) is 0. The van der Waals surface area contributed by atoms with Gasteiger partial charge in [0.1, 0.15) is 11.4 Å². The molecule has 0 N–H and O–H groups in total. The minimum Gasteiger partial charge on any atom is -0.482 e. The van der Waals surface area contributed by atoms with E-state index in [4.69, 9.17) is 9.47 Å². The van der Waals surface area contributed by atoms with Crippen molar-refractivity contribution in [1.29, 1.82) is 0 Å². The Morgan fingerprint density at radius 1 is 1.35 bits per heavy atom. The number of hydrogen-bond donors (Lipinski definition) is 0. The summed E-state index contributed by atoms with van der Waals surface area (Å²) in [4.78, 5) is 11.7. The van der Waals surface area contributed by atoms with Gasteiger partial charge < -0.3 is 9.47 Å². The molecule has 20 heavy (non-hydrogen) atoms. The quantitative estimate of drug-likeness (QED) is 0.787. The molecule has 0 fully saturated rings. The van der Waals surface area contributed by atoms with E-state index in [9.17, 15) is 4.79 Å². The van der Waals surface area contributed by atoms with Crippen LogP contribution < -0.4 is 4.74 Å². The maximum atomic E-state index is 11.7. The van der Waals surface area contributed by atoms with Crippen LogP contribution in [0.3, 0.4) is 0 Å². The van der Waals surface area contributed by atoms with Crippen molar-refractivity contribution in [3.8, 4) is 5.75 Å². The van der Waals surface area contributed by atoms with Crippen LogP contribution in [-0.4, -0.2) is 18.2 Å². The fraction of sp³-hybridized carbons (Fsp3) is 0.588. The Kier molecular flexibility index (Phi) is 4.36. The molecule has 1 aliphatic carbocycles. The molecule has 0 aromatic heterocycles. The normalized spacial score (nSPS) is 18.3. The van der Waals surface area contributed by atoms with Gasteiger partial charge in [-0.1, -0.05) is 19.1 Å². The summed E-state index contributed by atoms with van der Waals surface area (Å²) in [6.07, 6.45) is 3.44. The van der Waals surface area contributed by atoms with Crippen molar-refractivity contribution in [2.45, 2.75) is 58.5 Å². The topological polar surface area (TPSA) is 35.5 Å². The van der Waals surface area contributed by atoms with Gasteiger partial charge in [0.05, 0.1) is 0 Å². The highest BCUT2D eigenvalue weighted by Crippen LogP contribution is 2.36. The van der Waals surface area contributed by atoms with Gasteiger partial charge in [-0.15, -0.1) is 0 Å². The van der Waals surface area contributed by atoms with E-state index in [1.807, 2.05) is 32.9 Å². The summed E-state index contributed by atoms with van der Waals surface area (Å²) in [6, 6.07) is 6.12. The van der Waals surface area contributed by atoms with E-state index in [0.717, 1.165) is 12.2 Å². The molecule has 0 aliphatic heterocycles. The fourth-order valence-corrected chi connectivity index (χ4v) is 2.70. The molecule has 3 nitrogen and oxygen atoms in total. The zero-order chi connectivity index (χ0) is 14.8. The Morgan fingerprint density at radius 2 is 2.10 bits per heavy atom. The maximum Gasteiger partial charge on any atom is 0.344 e. The summed E-state index contributed by atoms with van der Waals surface area (Å²) >= 11 is 0. The van der Waals surface area contributed by atoms with Crippen molar-refractivity contribution in [2.24, 2.45) is 0 Å². The average Bonchev–Trinajstić information content (AvgIpc) is 2.35. The predicted octanol–water partition coefficient (Wildman–Crippen LogP) is 3.85. The van der Waals surface area contributed by atoms with Crippen LogP contribution in [0.2, 0.25) is 0 Å². The van der Waals surface area contributed by atoms with Crippen LogP contribution in [0.15, 0.2) is 18.2 Å². The minimum absolute atomic E-state index is 0.0257. The summed E-state index contributed by atoms with van der Waals surface area (Å²) in [7, 11) is 0. The third-order valence-electron chi connectivity index (χ3n) is 3.53. The number of rotatable bonds is 3. The lowest BCUT2D eigenvalue weighted by Crippen LogP contribution is -2.27. The molecule has 1 atom stereocenters. The number of carbonyl (C=O) groups is 1. The molecule has 1 unspecified atom stereocenters. The number of carbonyl (C=O) groups excluding carboxylic acids is 1. The monoisotopic (exact) mass is 276 g/mol. The first kappa shape index (κ1) is 14.9. The lowest BCUT2D eigenvalue weighted by molar-refractivity contribution is -0.157. The van der Waals surface area contributed by atoms with Gasteiger partial charge in [0.15, 0.2) is 6.61 Å². The van der Waals surface area contributed by atoms with Crippen molar-refractivity contribution < 1.29 is 14.3 Å². The van der Waals surface area contributed by atoms with Crippen molar-refractivity contribution >= 4 is 5.97 Å². The van der Waals surface area contributed by atoms with Crippen molar-refractivity contribution in [2.75, 3.05) is 6.61 Å². The maximum absolute atomic E-state index is 11.7. The summed E-state index contributed by atoms with van der Waals surface area (Å²) < 4.78 is 10.9. The highest BCUT2D eigenvalue weighted by molar-refractivity contribution is 5.71. The molecule has 0 saturated carbocycles. The first-order valence-corrected chi connectivity index (χ1v) is 7.33. The average molecular weight is 276 g/mol. The van der Waals surface area contributed by atoms with Crippen LogP contribution in [0, 0.1) is 0 Å². The van der Waals surface area contributed by atoms with E-state index in [1.54, 1.807) is 0 Å². The largest absolute Gasteiger partial charge is 0.482 e. The molecular formula is C17H24O3. The molecule has 1 aliphatic rings. The Morgan fingerprint density at radius 3 is 2.80 bits per heavy atom. The predicted molar refractivity (Wildman–Crippen MR) is 79.1 cm³/mol. The van der Waals surface area contributed by atoms with Gasteiger partial charge in [-0.05, 0) is 63.1 Å². The molecule has 0 amide bonds. The Bertz CT molecular complexity index is 485. The number of fused-ring (bicyclic) bond motifs is 1. The van der Waals surface area contributed by atoms with Gasteiger partial charge >= 0.3 is 5.97 Å². The van der Waals surface area contributed by atoms with Crippen molar-refractivity contribution in [1.82, 2.24) is 0 Å². The molecule has 0 saturated heterocycles. The number of benzene rings is 1. The third-order valence-corrected chi connectivity index (χ3v) is 3.53. The second-order valence-corrected chi connectivity index (χ2v) is 6.49. The lowest BCUT2D eigenvalue weighted by Gasteiger charge is -2.25. The molecule has 1 aromatic rings. The van der Waals surface area contributed by atoms with E-state index in [2.05, 4.69) is 13.0 Å². The highest BCUT2D eigenvalue weighted by Gasteiger charge is 2.21. The Hall–Kier alpha value is -1.51. The number of ether oxygens (including phenoxy) is 2. The fourth-order valence-electron chi connectivity index (χ4n) is 2.70.